The second-order valence-electron chi connectivity index (χ2n) is 3.68. The van der Waals surface area contributed by atoms with Crippen molar-refractivity contribution in [3.63, 3.8) is 0 Å². The summed E-state index contributed by atoms with van der Waals surface area (Å²) in [5, 5.41) is 15.2. The van der Waals surface area contributed by atoms with E-state index in [-0.39, 0.29) is 0 Å². The minimum absolute atomic E-state index is 0.826. The van der Waals surface area contributed by atoms with Crippen LogP contribution in [0.4, 0.5) is 5.13 Å². The van der Waals surface area contributed by atoms with Crippen molar-refractivity contribution in [2.75, 3.05) is 19.4 Å². The van der Waals surface area contributed by atoms with E-state index in [1.54, 1.807) is 22.7 Å². The summed E-state index contributed by atoms with van der Waals surface area (Å²) in [6.45, 7) is 1.75. The molecule has 0 bridgehead atoms. The van der Waals surface area contributed by atoms with E-state index in [1.165, 1.54) is 9.35 Å². The van der Waals surface area contributed by atoms with Gasteiger partial charge in [0, 0.05) is 13.6 Å². The smallest absolute Gasteiger partial charge is 0.205 e. The molecular formula is C10H13BrN4S2. The maximum absolute atomic E-state index is 4.13. The molecule has 0 aliphatic heterocycles. The molecule has 0 radical (unpaired) electrons. The SMILES string of the molecule is CNc1nnc(CN(C)Cc2csc(Br)c2)s1. The summed E-state index contributed by atoms with van der Waals surface area (Å²) >= 11 is 6.78. The van der Waals surface area contributed by atoms with Gasteiger partial charge in [-0.25, -0.2) is 0 Å². The van der Waals surface area contributed by atoms with Crippen LogP contribution in [-0.4, -0.2) is 29.2 Å². The molecule has 2 heterocycles. The van der Waals surface area contributed by atoms with E-state index in [0.29, 0.717) is 0 Å². The first-order valence-electron chi connectivity index (χ1n) is 5.09. The Balaban J connectivity index is 1.90. The largest absolute Gasteiger partial charge is 0.363 e. The van der Waals surface area contributed by atoms with Gasteiger partial charge in [-0.15, -0.1) is 21.5 Å². The number of nitrogens with one attached hydrogen (secondary N) is 1. The number of thiophene rings is 1. The van der Waals surface area contributed by atoms with Crippen LogP contribution in [0.5, 0.6) is 0 Å². The van der Waals surface area contributed by atoms with Crippen LogP contribution in [0.25, 0.3) is 0 Å². The van der Waals surface area contributed by atoms with Gasteiger partial charge < -0.3 is 5.32 Å². The lowest BCUT2D eigenvalue weighted by atomic mass is 10.3. The van der Waals surface area contributed by atoms with Crippen LogP contribution >= 0.6 is 38.6 Å². The number of hydrogen-bond acceptors (Lipinski definition) is 6. The van der Waals surface area contributed by atoms with Gasteiger partial charge >= 0.3 is 0 Å². The van der Waals surface area contributed by atoms with Gasteiger partial charge in [-0.2, -0.15) is 0 Å². The quantitative estimate of drug-likeness (QED) is 0.913. The van der Waals surface area contributed by atoms with E-state index in [1.807, 2.05) is 7.05 Å². The Bertz CT molecular complexity index is 482. The van der Waals surface area contributed by atoms with Crippen molar-refractivity contribution in [2.24, 2.45) is 0 Å². The summed E-state index contributed by atoms with van der Waals surface area (Å²) in [7, 11) is 3.95. The van der Waals surface area contributed by atoms with Crippen molar-refractivity contribution in [1.29, 1.82) is 0 Å². The van der Waals surface area contributed by atoms with Gasteiger partial charge in [-0.1, -0.05) is 11.3 Å². The summed E-state index contributed by atoms with van der Waals surface area (Å²) in [5.74, 6) is 0. The summed E-state index contributed by atoms with van der Waals surface area (Å²) in [4.78, 5) is 2.23. The predicted octanol–water partition coefficient (Wildman–Crippen LogP) is 3.04. The lowest BCUT2D eigenvalue weighted by Gasteiger charge is -2.13. The van der Waals surface area contributed by atoms with Gasteiger partial charge in [-0.3, -0.25) is 4.90 Å². The highest BCUT2D eigenvalue weighted by atomic mass is 79.9. The molecular weight excluding hydrogens is 320 g/mol. The number of aromatic nitrogens is 2. The Morgan fingerprint density at radius 1 is 1.41 bits per heavy atom. The van der Waals surface area contributed by atoms with Crippen molar-refractivity contribution in [1.82, 2.24) is 15.1 Å². The predicted molar refractivity (Wildman–Crippen MR) is 76.6 cm³/mol. The van der Waals surface area contributed by atoms with Crippen LogP contribution in [0.3, 0.4) is 0 Å². The maximum atomic E-state index is 4.13. The molecule has 7 heteroatoms. The lowest BCUT2D eigenvalue weighted by molar-refractivity contribution is 0.318. The second kappa shape index (κ2) is 5.90. The molecule has 0 saturated carbocycles. The van der Waals surface area contributed by atoms with Gasteiger partial charge in [0.15, 0.2) is 0 Å². The fourth-order valence-corrected chi connectivity index (χ4v) is 3.42. The molecule has 0 atom stereocenters. The minimum atomic E-state index is 0.826. The zero-order valence-electron chi connectivity index (χ0n) is 9.61. The molecule has 0 aliphatic carbocycles. The van der Waals surface area contributed by atoms with Crippen LogP contribution in [0.15, 0.2) is 15.2 Å². The molecule has 0 amide bonds. The third-order valence-electron chi connectivity index (χ3n) is 2.16. The Labute approximate surface area is 117 Å². The van der Waals surface area contributed by atoms with E-state index < -0.39 is 0 Å². The molecule has 2 aromatic rings. The first-order chi connectivity index (χ1) is 8.17. The lowest BCUT2D eigenvalue weighted by Crippen LogP contribution is -2.16. The van der Waals surface area contributed by atoms with E-state index in [4.69, 9.17) is 0 Å². The average Bonchev–Trinajstić information content (AvgIpc) is 2.88. The topological polar surface area (TPSA) is 41.1 Å². The number of hydrogen-bond donors (Lipinski definition) is 1. The molecule has 17 heavy (non-hydrogen) atoms. The van der Waals surface area contributed by atoms with Gasteiger partial charge in [0.05, 0.1) is 10.3 Å². The minimum Gasteiger partial charge on any atom is -0.363 e. The third kappa shape index (κ3) is 3.74. The molecule has 0 aliphatic rings. The number of halogens is 1. The van der Waals surface area contributed by atoms with Gasteiger partial charge in [0.25, 0.3) is 0 Å². The molecule has 0 fully saturated rings. The summed E-state index contributed by atoms with van der Waals surface area (Å²) in [6.07, 6.45) is 0. The highest BCUT2D eigenvalue weighted by molar-refractivity contribution is 9.11. The molecule has 0 saturated heterocycles. The van der Waals surface area contributed by atoms with Gasteiger partial charge in [-0.05, 0) is 40.0 Å². The van der Waals surface area contributed by atoms with Crippen molar-refractivity contribution in [3.8, 4) is 0 Å². The molecule has 2 rings (SSSR count). The van der Waals surface area contributed by atoms with Gasteiger partial charge in [0.2, 0.25) is 5.13 Å². The van der Waals surface area contributed by atoms with Crippen LogP contribution in [0.2, 0.25) is 0 Å². The van der Waals surface area contributed by atoms with Gasteiger partial charge in [0.1, 0.15) is 5.01 Å². The van der Waals surface area contributed by atoms with Crippen LogP contribution < -0.4 is 5.32 Å². The van der Waals surface area contributed by atoms with Crippen molar-refractivity contribution >= 4 is 43.7 Å². The van der Waals surface area contributed by atoms with Crippen LogP contribution in [0.1, 0.15) is 10.6 Å². The normalized spacial score (nSPS) is 11.1. The van der Waals surface area contributed by atoms with Crippen LogP contribution in [0, 0.1) is 0 Å². The number of nitrogens with zero attached hydrogens (tertiary/aromatic N) is 3. The summed E-state index contributed by atoms with van der Waals surface area (Å²) in [5.41, 5.74) is 1.32. The van der Waals surface area contributed by atoms with E-state index in [9.17, 15) is 0 Å². The monoisotopic (exact) mass is 332 g/mol. The first-order valence-corrected chi connectivity index (χ1v) is 7.58. The zero-order chi connectivity index (χ0) is 12.3. The average molecular weight is 333 g/mol. The van der Waals surface area contributed by atoms with Crippen LogP contribution in [-0.2, 0) is 13.1 Å². The number of anilines is 1. The summed E-state index contributed by atoms with van der Waals surface area (Å²) < 4.78 is 1.18. The van der Waals surface area contributed by atoms with E-state index >= 15 is 0 Å². The molecule has 0 unspecified atom stereocenters. The fourth-order valence-electron chi connectivity index (χ4n) is 1.45. The zero-order valence-corrected chi connectivity index (χ0v) is 12.8. The molecule has 0 aromatic carbocycles. The highest BCUT2D eigenvalue weighted by Gasteiger charge is 2.07. The Hall–Kier alpha value is -0.500. The second-order valence-corrected chi connectivity index (χ2v) is 7.03. The Kier molecular flexibility index (Phi) is 4.49. The van der Waals surface area contributed by atoms with Crippen molar-refractivity contribution in [3.05, 3.63) is 25.8 Å². The Morgan fingerprint density at radius 2 is 2.24 bits per heavy atom. The number of rotatable bonds is 5. The van der Waals surface area contributed by atoms with E-state index in [2.05, 4.69) is 54.8 Å². The standard InChI is InChI=1S/C10H13BrN4S2/c1-12-10-14-13-9(17-10)5-15(2)4-7-3-8(11)16-6-7/h3,6H,4-5H2,1-2H3,(H,12,14). The fraction of sp³-hybridized carbons (Fsp3) is 0.400. The summed E-state index contributed by atoms with van der Waals surface area (Å²) in [6, 6.07) is 2.15. The third-order valence-corrected chi connectivity index (χ3v) is 4.64. The molecule has 1 N–H and O–H groups in total. The van der Waals surface area contributed by atoms with Crippen molar-refractivity contribution in [2.45, 2.75) is 13.1 Å². The van der Waals surface area contributed by atoms with Crippen molar-refractivity contribution < 1.29 is 0 Å². The van der Waals surface area contributed by atoms with E-state index in [0.717, 1.165) is 23.2 Å². The Morgan fingerprint density at radius 3 is 2.82 bits per heavy atom. The maximum Gasteiger partial charge on any atom is 0.205 e. The molecule has 0 spiro atoms. The molecule has 4 nitrogen and oxygen atoms in total. The molecule has 2 aromatic heterocycles. The first kappa shape index (κ1) is 12.9. The highest BCUT2D eigenvalue weighted by Crippen LogP contribution is 2.22. The molecule has 92 valence electrons.